The number of carbonyl (C=O) groups excluding carboxylic acids is 1. The average Bonchev–Trinajstić information content (AvgIpc) is 2.39. The Morgan fingerprint density at radius 3 is 2.75 bits per heavy atom. The summed E-state index contributed by atoms with van der Waals surface area (Å²) in [6.45, 7) is 6.01. The van der Waals surface area contributed by atoms with E-state index in [1.165, 1.54) is 0 Å². The van der Waals surface area contributed by atoms with Crippen LogP contribution in [0.15, 0.2) is 28.7 Å². The number of halogens is 2. The molecule has 2 N–H and O–H groups in total. The van der Waals surface area contributed by atoms with E-state index in [0.717, 1.165) is 16.8 Å². The van der Waals surface area contributed by atoms with Gasteiger partial charge >= 0.3 is 0 Å². The number of carbonyl (C=O) groups is 1. The summed E-state index contributed by atoms with van der Waals surface area (Å²) in [6.07, 6.45) is 0.361. The molecule has 0 unspecified atom stereocenters. The third-order valence-corrected chi connectivity index (χ3v) is 3.24. The van der Waals surface area contributed by atoms with E-state index in [9.17, 15) is 4.79 Å². The van der Waals surface area contributed by atoms with Crippen LogP contribution in [0.3, 0.4) is 0 Å². The van der Waals surface area contributed by atoms with Crippen molar-refractivity contribution < 1.29 is 9.53 Å². The van der Waals surface area contributed by atoms with Gasteiger partial charge < -0.3 is 15.4 Å². The molecule has 114 valence electrons. The van der Waals surface area contributed by atoms with Crippen LogP contribution in [0, 0.1) is 0 Å². The molecule has 1 rings (SSSR count). The lowest BCUT2D eigenvalue weighted by molar-refractivity contribution is -0.121. The smallest absolute Gasteiger partial charge is 0.223 e. The van der Waals surface area contributed by atoms with Gasteiger partial charge in [-0.25, -0.2) is 0 Å². The first-order valence-corrected chi connectivity index (χ1v) is 7.30. The van der Waals surface area contributed by atoms with Crippen molar-refractivity contribution in [2.24, 2.45) is 0 Å². The summed E-state index contributed by atoms with van der Waals surface area (Å²) < 4.78 is 6.44. The summed E-state index contributed by atoms with van der Waals surface area (Å²) >= 11 is 3.40. The summed E-state index contributed by atoms with van der Waals surface area (Å²) in [7, 11) is 0. The molecule has 0 spiro atoms. The maximum atomic E-state index is 11.6. The highest BCUT2D eigenvalue weighted by atomic mass is 79.9. The lowest BCUT2D eigenvalue weighted by atomic mass is 10.3. The molecule has 4 nitrogen and oxygen atoms in total. The molecule has 6 heteroatoms. The van der Waals surface area contributed by atoms with Gasteiger partial charge in [-0.2, -0.15) is 0 Å². The van der Waals surface area contributed by atoms with Crippen molar-refractivity contribution in [1.29, 1.82) is 0 Å². The molecule has 0 saturated heterocycles. The van der Waals surface area contributed by atoms with Crippen molar-refractivity contribution in [3.63, 3.8) is 0 Å². The fourth-order valence-corrected chi connectivity index (χ4v) is 1.99. The number of likely N-dealkylation sites (N-methyl/N-ethyl adjacent to an activating group) is 1. The highest BCUT2D eigenvalue weighted by molar-refractivity contribution is 9.10. The van der Waals surface area contributed by atoms with Crippen LogP contribution in [0.25, 0.3) is 0 Å². The van der Waals surface area contributed by atoms with Crippen molar-refractivity contribution in [3.8, 4) is 5.75 Å². The third kappa shape index (κ3) is 7.72. The Hall–Kier alpha value is -0.780. The second-order valence-corrected chi connectivity index (χ2v) is 5.15. The number of nitrogens with one attached hydrogen (secondary N) is 2. The summed E-state index contributed by atoms with van der Waals surface area (Å²) in [6, 6.07) is 7.89. The van der Waals surface area contributed by atoms with Gasteiger partial charge in [0.1, 0.15) is 5.75 Å². The summed E-state index contributed by atoms with van der Waals surface area (Å²) in [4.78, 5) is 11.6. The first-order chi connectivity index (χ1) is 9.13. The summed E-state index contributed by atoms with van der Waals surface area (Å²) in [5.41, 5.74) is 0. The zero-order chi connectivity index (χ0) is 14.1. The maximum Gasteiger partial charge on any atom is 0.223 e. The van der Waals surface area contributed by atoms with Crippen LogP contribution in [-0.4, -0.2) is 31.6 Å². The minimum Gasteiger partial charge on any atom is -0.492 e. The van der Waals surface area contributed by atoms with Crippen LogP contribution in [0.1, 0.15) is 20.3 Å². The molecule has 0 aliphatic rings. The second kappa shape index (κ2) is 10.9. The number of hydrogen-bond acceptors (Lipinski definition) is 3. The van der Waals surface area contributed by atoms with Crippen LogP contribution in [0.2, 0.25) is 0 Å². The van der Waals surface area contributed by atoms with Crippen molar-refractivity contribution in [1.82, 2.24) is 10.6 Å². The van der Waals surface area contributed by atoms with Crippen LogP contribution < -0.4 is 15.4 Å². The number of amides is 1. The predicted molar refractivity (Wildman–Crippen MR) is 87.7 cm³/mol. The molecule has 1 atom stereocenters. The molecule has 0 radical (unpaired) electrons. The Bertz CT molecular complexity index is 405. The van der Waals surface area contributed by atoms with Gasteiger partial charge in [0.05, 0.1) is 17.5 Å². The molecule has 20 heavy (non-hydrogen) atoms. The van der Waals surface area contributed by atoms with Gasteiger partial charge in [-0.05, 0) is 41.5 Å². The zero-order valence-corrected chi connectivity index (χ0v) is 14.2. The Morgan fingerprint density at radius 1 is 1.40 bits per heavy atom. The molecule has 0 bridgehead atoms. The van der Waals surface area contributed by atoms with Gasteiger partial charge in [0.15, 0.2) is 0 Å². The minimum absolute atomic E-state index is 0. The van der Waals surface area contributed by atoms with Crippen molar-refractivity contribution in [2.45, 2.75) is 26.3 Å². The molecule has 1 aromatic carbocycles. The lowest BCUT2D eigenvalue weighted by Gasteiger charge is -2.13. The highest BCUT2D eigenvalue weighted by Crippen LogP contribution is 2.23. The van der Waals surface area contributed by atoms with Crippen LogP contribution in [-0.2, 0) is 4.79 Å². The monoisotopic (exact) mass is 364 g/mol. The van der Waals surface area contributed by atoms with E-state index < -0.39 is 0 Å². The third-order valence-electron chi connectivity index (χ3n) is 2.58. The van der Waals surface area contributed by atoms with E-state index in [-0.39, 0.29) is 24.4 Å². The molecule has 1 amide bonds. The van der Waals surface area contributed by atoms with Crippen LogP contribution >= 0.6 is 28.3 Å². The van der Waals surface area contributed by atoms with Gasteiger partial charge in [0, 0.05) is 12.6 Å². The molecule has 0 aliphatic heterocycles. The Balaban J connectivity index is 0.00000361. The highest BCUT2D eigenvalue weighted by Gasteiger charge is 2.05. The Kier molecular flexibility index (Phi) is 10.5. The minimum atomic E-state index is 0. The molecular formula is C14H22BrClN2O2. The van der Waals surface area contributed by atoms with Crippen LogP contribution in [0.5, 0.6) is 5.75 Å². The van der Waals surface area contributed by atoms with E-state index in [2.05, 4.69) is 26.6 Å². The van der Waals surface area contributed by atoms with Crippen molar-refractivity contribution in [2.75, 3.05) is 19.7 Å². The van der Waals surface area contributed by atoms with Crippen molar-refractivity contribution >= 4 is 34.2 Å². The van der Waals surface area contributed by atoms with E-state index in [0.29, 0.717) is 19.6 Å². The van der Waals surface area contributed by atoms with Gasteiger partial charge in [-0.15, -0.1) is 12.4 Å². The number of benzene rings is 1. The molecule has 0 heterocycles. The maximum absolute atomic E-state index is 11.6. The topological polar surface area (TPSA) is 50.4 Å². The SMILES string of the molecule is CCN[C@H](C)CNC(=O)CCOc1ccccc1Br.Cl. The average molecular weight is 366 g/mol. The van der Waals surface area contributed by atoms with E-state index in [1.807, 2.05) is 38.1 Å². The molecule has 1 aromatic rings. The number of para-hydroxylation sites is 1. The van der Waals surface area contributed by atoms with Gasteiger partial charge in [-0.1, -0.05) is 19.1 Å². The summed E-state index contributed by atoms with van der Waals surface area (Å²) in [5.74, 6) is 0.771. The van der Waals surface area contributed by atoms with Gasteiger partial charge in [-0.3, -0.25) is 4.79 Å². The standard InChI is InChI=1S/C14H21BrN2O2.ClH/c1-3-16-11(2)10-17-14(18)8-9-19-13-7-5-4-6-12(13)15;/h4-7,11,16H,3,8-10H2,1-2H3,(H,17,18);1H/t11-;/m1./s1. The molecule has 0 aliphatic carbocycles. The molecule has 0 saturated carbocycles. The molecule has 0 aromatic heterocycles. The van der Waals surface area contributed by atoms with E-state index >= 15 is 0 Å². The largest absolute Gasteiger partial charge is 0.492 e. The van der Waals surface area contributed by atoms with Gasteiger partial charge in [0.25, 0.3) is 0 Å². The Morgan fingerprint density at radius 2 is 2.10 bits per heavy atom. The van der Waals surface area contributed by atoms with Crippen molar-refractivity contribution in [3.05, 3.63) is 28.7 Å². The second-order valence-electron chi connectivity index (χ2n) is 4.29. The quantitative estimate of drug-likeness (QED) is 0.745. The predicted octanol–water partition coefficient (Wildman–Crippen LogP) is 2.75. The van der Waals surface area contributed by atoms with Gasteiger partial charge in [0.2, 0.25) is 5.91 Å². The van der Waals surface area contributed by atoms with Crippen LogP contribution in [0.4, 0.5) is 0 Å². The number of ether oxygens (including phenoxy) is 1. The fraction of sp³-hybridized carbons (Fsp3) is 0.500. The lowest BCUT2D eigenvalue weighted by Crippen LogP contribution is -2.39. The first kappa shape index (κ1) is 19.2. The van der Waals surface area contributed by atoms with E-state index in [4.69, 9.17) is 4.74 Å². The first-order valence-electron chi connectivity index (χ1n) is 6.51. The number of rotatable bonds is 8. The van der Waals surface area contributed by atoms with E-state index in [1.54, 1.807) is 0 Å². The number of hydrogen-bond donors (Lipinski definition) is 2. The molecular weight excluding hydrogens is 344 g/mol. The molecule has 0 fully saturated rings. The fourth-order valence-electron chi connectivity index (χ4n) is 1.59. The zero-order valence-electron chi connectivity index (χ0n) is 11.8. The summed E-state index contributed by atoms with van der Waals surface area (Å²) in [5, 5.41) is 6.11. The Labute approximate surface area is 135 Å². The normalized spacial score (nSPS) is 11.3.